The highest BCUT2D eigenvalue weighted by Crippen LogP contribution is 2.22. The number of hydrogen-bond acceptors (Lipinski definition) is 4. The topological polar surface area (TPSA) is 54.9 Å². The number of carbonyl (C=O) groups excluding carboxylic acids is 1. The van der Waals surface area contributed by atoms with Gasteiger partial charge in [-0.2, -0.15) is 0 Å². The van der Waals surface area contributed by atoms with Crippen molar-refractivity contribution < 1.29 is 4.79 Å². The number of aromatic nitrogens is 2. The molecule has 0 fully saturated rings. The number of aryl methyl sites for hydroxylation is 2. The van der Waals surface area contributed by atoms with Crippen LogP contribution in [0.1, 0.15) is 17.0 Å². The van der Waals surface area contributed by atoms with Gasteiger partial charge in [0.25, 0.3) is 0 Å². The van der Waals surface area contributed by atoms with Gasteiger partial charge in [-0.05, 0) is 54.4 Å². The molecule has 1 amide bonds. The fourth-order valence-electron chi connectivity index (χ4n) is 1.68. The summed E-state index contributed by atoms with van der Waals surface area (Å²) in [5.74, 6) is 0.204. The number of halogens is 1. The molecule has 0 aliphatic heterocycles. The zero-order valence-corrected chi connectivity index (χ0v) is 14.5. The third kappa shape index (κ3) is 4.28. The summed E-state index contributed by atoms with van der Waals surface area (Å²) in [6, 6.07) is 7.52. The van der Waals surface area contributed by atoms with Gasteiger partial charge in [-0.15, -0.1) is 0 Å². The van der Waals surface area contributed by atoms with Gasteiger partial charge in [0.05, 0.1) is 11.4 Å². The van der Waals surface area contributed by atoms with Gasteiger partial charge in [0.1, 0.15) is 0 Å². The zero-order valence-electron chi connectivity index (χ0n) is 12.1. The maximum Gasteiger partial charge on any atom is 0.234 e. The quantitative estimate of drug-likeness (QED) is 0.659. The smallest absolute Gasteiger partial charge is 0.234 e. The monoisotopic (exact) mass is 365 g/mol. The minimum atomic E-state index is -0.0774. The molecule has 0 bridgehead atoms. The van der Waals surface area contributed by atoms with Crippen LogP contribution in [0.4, 0.5) is 5.69 Å². The van der Waals surface area contributed by atoms with E-state index in [1.165, 1.54) is 11.8 Å². The maximum absolute atomic E-state index is 12.0. The number of thioether (sulfide) groups is 1. The van der Waals surface area contributed by atoms with Gasteiger partial charge in [0.2, 0.25) is 5.91 Å². The minimum Gasteiger partial charge on any atom is -0.324 e. The number of benzene rings is 1. The number of carbonyl (C=O) groups is 1. The molecule has 1 heterocycles. The average molecular weight is 366 g/mol. The summed E-state index contributed by atoms with van der Waals surface area (Å²) in [6.45, 7) is 5.91. The molecule has 0 aliphatic rings. The summed E-state index contributed by atoms with van der Waals surface area (Å²) >= 11 is 4.74. The number of rotatable bonds is 4. The van der Waals surface area contributed by atoms with Crippen LogP contribution in [0, 0.1) is 20.8 Å². The van der Waals surface area contributed by atoms with E-state index in [0.29, 0.717) is 5.16 Å². The van der Waals surface area contributed by atoms with Crippen molar-refractivity contribution in [2.24, 2.45) is 0 Å². The first-order valence-electron chi connectivity index (χ1n) is 6.46. The van der Waals surface area contributed by atoms with Crippen LogP contribution < -0.4 is 5.32 Å². The fraction of sp³-hybridized carbons (Fsp3) is 0.267. The summed E-state index contributed by atoms with van der Waals surface area (Å²) in [5.41, 5.74) is 3.77. The van der Waals surface area contributed by atoms with Crippen LogP contribution in [0.5, 0.6) is 0 Å². The maximum atomic E-state index is 12.0. The molecule has 2 rings (SSSR count). The lowest BCUT2D eigenvalue weighted by Crippen LogP contribution is -2.14. The SMILES string of the molecule is Cc1nc(SCC(=O)Nc2ccccc2Br)nc(C)c1C. The third-order valence-electron chi connectivity index (χ3n) is 3.09. The molecule has 0 spiro atoms. The van der Waals surface area contributed by atoms with E-state index in [4.69, 9.17) is 0 Å². The van der Waals surface area contributed by atoms with Gasteiger partial charge in [0, 0.05) is 15.9 Å². The number of anilines is 1. The van der Waals surface area contributed by atoms with Crippen LogP contribution in [-0.2, 0) is 4.79 Å². The number of hydrogen-bond donors (Lipinski definition) is 1. The minimum absolute atomic E-state index is 0.0774. The van der Waals surface area contributed by atoms with E-state index < -0.39 is 0 Å². The highest BCUT2D eigenvalue weighted by molar-refractivity contribution is 9.10. The standard InChI is InChI=1S/C15H16BrN3OS/c1-9-10(2)17-15(18-11(9)3)21-8-14(20)19-13-7-5-4-6-12(13)16/h4-7H,8H2,1-3H3,(H,19,20). The van der Waals surface area contributed by atoms with E-state index in [1.54, 1.807) is 0 Å². The van der Waals surface area contributed by atoms with Crippen LogP contribution >= 0.6 is 27.7 Å². The normalized spacial score (nSPS) is 10.5. The predicted molar refractivity (Wildman–Crippen MR) is 89.7 cm³/mol. The number of nitrogens with one attached hydrogen (secondary N) is 1. The van der Waals surface area contributed by atoms with Crippen LogP contribution in [-0.4, -0.2) is 21.6 Å². The Kier molecular flexibility index (Phi) is 5.36. The first-order chi connectivity index (χ1) is 9.97. The summed E-state index contributed by atoms with van der Waals surface area (Å²) in [4.78, 5) is 20.8. The van der Waals surface area contributed by atoms with Crippen molar-refractivity contribution in [2.45, 2.75) is 25.9 Å². The first-order valence-corrected chi connectivity index (χ1v) is 8.24. The first kappa shape index (κ1) is 16.0. The largest absolute Gasteiger partial charge is 0.324 e. The van der Waals surface area contributed by atoms with Gasteiger partial charge in [0.15, 0.2) is 5.16 Å². The lowest BCUT2D eigenvalue weighted by atomic mass is 10.2. The molecule has 1 aromatic heterocycles. The van der Waals surface area contributed by atoms with Crippen molar-refractivity contribution in [2.75, 3.05) is 11.1 Å². The molecular formula is C15H16BrN3OS. The molecule has 6 heteroatoms. The van der Waals surface area contributed by atoms with Gasteiger partial charge in [-0.25, -0.2) is 9.97 Å². The summed E-state index contributed by atoms with van der Waals surface area (Å²) in [5, 5.41) is 3.50. The molecule has 2 aromatic rings. The summed E-state index contributed by atoms with van der Waals surface area (Å²) < 4.78 is 0.863. The Morgan fingerprint density at radius 3 is 2.43 bits per heavy atom. The Morgan fingerprint density at radius 2 is 1.81 bits per heavy atom. The molecule has 1 aromatic carbocycles. The number of para-hydroxylation sites is 1. The molecule has 0 radical (unpaired) electrons. The lowest BCUT2D eigenvalue weighted by Gasteiger charge is -2.08. The van der Waals surface area contributed by atoms with Gasteiger partial charge in [-0.3, -0.25) is 4.79 Å². The van der Waals surface area contributed by atoms with E-state index >= 15 is 0 Å². The molecule has 0 saturated carbocycles. The highest BCUT2D eigenvalue weighted by Gasteiger charge is 2.09. The molecular weight excluding hydrogens is 350 g/mol. The van der Waals surface area contributed by atoms with Crippen molar-refractivity contribution in [3.8, 4) is 0 Å². The summed E-state index contributed by atoms with van der Waals surface area (Å²) in [6.07, 6.45) is 0. The van der Waals surface area contributed by atoms with Crippen molar-refractivity contribution in [3.63, 3.8) is 0 Å². The van der Waals surface area contributed by atoms with Crippen molar-refractivity contribution in [1.29, 1.82) is 0 Å². The molecule has 0 atom stereocenters. The molecule has 0 unspecified atom stereocenters. The Hall–Kier alpha value is -1.40. The van der Waals surface area contributed by atoms with E-state index in [9.17, 15) is 4.79 Å². The highest BCUT2D eigenvalue weighted by atomic mass is 79.9. The Labute approximate surface area is 136 Å². The van der Waals surface area contributed by atoms with Crippen LogP contribution in [0.3, 0.4) is 0 Å². The number of nitrogens with zero attached hydrogens (tertiary/aromatic N) is 2. The van der Waals surface area contributed by atoms with E-state index in [2.05, 4.69) is 31.2 Å². The van der Waals surface area contributed by atoms with Gasteiger partial charge >= 0.3 is 0 Å². The molecule has 0 saturated heterocycles. The molecule has 1 N–H and O–H groups in total. The molecule has 110 valence electrons. The van der Waals surface area contributed by atoms with E-state index in [1.807, 2.05) is 45.0 Å². The molecule has 0 aliphatic carbocycles. The Morgan fingerprint density at radius 1 is 1.19 bits per heavy atom. The van der Waals surface area contributed by atoms with E-state index in [-0.39, 0.29) is 11.7 Å². The van der Waals surface area contributed by atoms with E-state index in [0.717, 1.165) is 27.1 Å². The second-order valence-corrected chi connectivity index (χ2v) is 6.42. The van der Waals surface area contributed by atoms with Crippen molar-refractivity contribution in [3.05, 3.63) is 45.7 Å². The lowest BCUT2D eigenvalue weighted by molar-refractivity contribution is -0.113. The van der Waals surface area contributed by atoms with Crippen molar-refractivity contribution >= 4 is 39.3 Å². The second kappa shape index (κ2) is 7.04. The second-order valence-electron chi connectivity index (χ2n) is 4.62. The van der Waals surface area contributed by atoms with Gasteiger partial charge < -0.3 is 5.32 Å². The van der Waals surface area contributed by atoms with Gasteiger partial charge in [-0.1, -0.05) is 23.9 Å². The van der Waals surface area contributed by atoms with Crippen LogP contribution in [0.25, 0.3) is 0 Å². The molecule has 21 heavy (non-hydrogen) atoms. The van der Waals surface area contributed by atoms with Crippen molar-refractivity contribution in [1.82, 2.24) is 9.97 Å². The zero-order chi connectivity index (χ0) is 15.4. The Bertz CT molecular complexity index is 653. The predicted octanol–water partition coefficient (Wildman–Crippen LogP) is 3.90. The molecule has 4 nitrogen and oxygen atoms in total. The summed E-state index contributed by atoms with van der Waals surface area (Å²) in [7, 11) is 0. The average Bonchev–Trinajstić information content (AvgIpc) is 2.45. The van der Waals surface area contributed by atoms with Crippen LogP contribution in [0.2, 0.25) is 0 Å². The fourth-order valence-corrected chi connectivity index (χ4v) is 2.80. The Balaban J connectivity index is 1.97. The van der Waals surface area contributed by atoms with Crippen LogP contribution in [0.15, 0.2) is 33.9 Å². The third-order valence-corrected chi connectivity index (χ3v) is 4.63. The number of amides is 1.